The standard InChI is InChI=1S/C20H21ClN4O2P2S/c1-12-4-18-15(5-13(12)6-22)17(9-24(18)14-10-30(26,27)11-14)16-7-23-8-19(20(16)21)25(28-2)29-3/h4-5,7-9,14,28-29H,10-11H2,1-3H3. The minimum atomic E-state index is -2.98. The summed E-state index contributed by atoms with van der Waals surface area (Å²) in [5.41, 5.74) is 4.90. The van der Waals surface area contributed by atoms with Gasteiger partial charge in [-0.05, 0) is 55.4 Å². The number of hydrogen-bond acceptors (Lipinski definition) is 5. The van der Waals surface area contributed by atoms with E-state index in [1.54, 1.807) is 12.4 Å². The highest BCUT2D eigenvalue weighted by Crippen LogP contribution is 2.45. The first kappa shape index (κ1) is 21.5. The number of pyridine rings is 1. The van der Waals surface area contributed by atoms with Crippen LogP contribution in [-0.2, 0) is 9.84 Å². The van der Waals surface area contributed by atoms with Crippen molar-refractivity contribution < 1.29 is 8.42 Å². The molecule has 0 amide bonds. The van der Waals surface area contributed by atoms with E-state index in [2.05, 4.69) is 28.8 Å². The summed E-state index contributed by atoms with van der Waals surface area (Å²) < 4.78 is 27.8. The normalized spacial score (nSPS) is 16.5. The van der Waals surface area contributed by atoms with Crippen molar-refractivity contribution in [1.82, 2.24) is 9.55 Å². The summed E-state index contributed by atoms with van der Waals surface area (Å²) in [4.78, 5) is 4.43. The molecule has 1 aliphatic rings. The number of halogens is 1. The van der Waals surface area contributed by atoms with E-state index in [0.717, 1.165) is 33.3 Å². The SMILES string of the molecule is CPN(PC)c1cncc(-c2cn(C3CS(=O)(=O)C3)c3cc(C)c(C#N)cc23)c1Cl. The number of benzene rings is 1. The topological polar surface area (TPSA) is 79.0 Å². The average molecular weight is 479 g/mol. The van der Waals surface area contributed by atoms with Crippen molar-refractivity contribution in [1.29, 1.82) is 5.26 Å². The second kappa shape index (κ2) is 8.09. The molecule has 0 spiro atoms. The molecule has 0 N–H and O–H groups in total. The second-order valence-corrected chi connectivity index (χ2v) is 12.0. The van der Waals surface area contributed by atoms with E-state index in [9.17, 15) is 13.7 Å². The number of sulfone groups is 1. The van der Waals surface area contributed by atoms with Crippen molar-refractivity contribution in [3.63, 3.8) is 0 Å². The van der Waals surface area contributed by atoms with Gasteiger partial charge in [-0.3, -0.25) is 4.98 Å². The molecular formula is C20H21ClN4O2P2S. The van der Waals surface area contributed by atoms with Crippen LogP contribution in [0, 0.1) is 18.3 Å². The number of aromatic nitrogens is 2. The molecule has 0 saturated carbocycles. The molecule has 2 aromatic heterocycles. The van der Waals surface area contributed by atoms with Gasteiger partial charge in [-0.2, -0.15) is 5.26 Å². The summed E-state index contributed by atoms with van der Waals surface area (Å²) in [7, 11) is -1.85. The van der Waals surface area contributed by atoms with E-state index in [1.807, 2.05) is 29.8 Å². The van der Waals surface area contributed by atoms with Crippen molar-refractivity contribution in [2.45, 2.75) is 13.0 Å². The molecule has 156 valence electrons. The first-order valence-corrected chi connectivity index (χ1v) is 14.4. The van der Waals surface area contributed by atoms with E-state index in [4.69, 9.17) is 11.6 Å². The number of rotatable bonds is 5. The fourth-order valence-corrected chi connectivity index (χ4v) is 7.40. The third-order valence-corrected chi connectivity index (χ3v) is 10.3. The number of anilines is 1. The lowest BCUT2D eigenvalue weighted by Gasteiger charge is -2.28. The predicted octanol–water partition coefficient (Wildman–Crippen LogP) is 4.76. The van der Waals surface area contributed by atoms with Crippen LogP contribution in [0.5, 0.6) is 0 Å². The van der Waals surface area contributed by atoms with Crippen molar-refractivity contribution in [2.75, 3.05) is 29.3 Å². The molecule has 0 bridgehead atoms. The lowest BCUT2D eigenvalue weighted by molar-refractivity contribution is 0.516. The van der Waals surface area contributed by atoms with Gasteiger partial charge >= 0.3 is 0 Å². The van der Waals surface area contributed by atoms with Crippen molar-refractivity contribution in [3.8, 4) is 17.2 Å². The van der Waals surface area contributed by atoms with Crippen LogP contribution in [0.15, 0.2) is 30.7 Å². The van der Waals surface area contributed by atoms with Gasteiger partial charge in [-0.25, -0.2) is 8.42 Å². The first-order chi connectivity index (χ1) is 14.3. The smallest absolute Gasteiger partial charge is 0.154 e. The summed E-state index contributed by atoms with van der Waals surface area (Å²) in [5.74, 6) is 0.256. The Morgan fingerprint density at radius 1 is 1.23 bits per heavy atom. The number of nitriles is 1. The van der Waals surface area contributed by atoms with Crippen LogP contribution in [-0.4, -0.2) is 42.8 Å². The molecule has 10 heteroatoms. The fraction of sp³-hybridized carbons (Fsp3) is 0.300. The Balaban J connectivity index is 1.96. The zero-order chi connectivity index (χ0) is 21.6. The molecule has 2 atom stereocenters. The molecule has 30 heavy (non-hydrogen) atoms. The van der Waals surface area contributed by atoms with Crippen LogP contribution < -0.4 is 4.44 Å². The van der Waals surface area contributed by atoms with Crippen LogP contribution >= 0.6 is 29.1 Å². The molecule has 6 nitrogen and oxygen atoms in total. The Hall–Kier alpha value is -1.70. The predicted molar refractivity (Wildman–Crippen MR) is 128 cm³/mol. The largest absolute Gasteiger partial charge is 0.342 e. The number of fused-ring (bicyclic) bond motifs is 1. The van der Waals surface area contributed by atoms with Crippen molar-refractivity contribution >= 4 is 55.5 Å². The van der Waals surface area contributed by atoms with E-state index in [0.29, 0.717) is 28.0 Å². The molecule has 2 unspecified atom stereocenters. The van der Waals surface area contributed by atoms with E-state index in [-0.39, 0.29) is 17.5 Å². The van der Waals surface area contributed by atoms with E-state index in [1.165, 1.54) is 0 Å². The van der Waals surface area contributed by atoms with Crippen LogP contribution in [0.1, 0.15) is 17.2 Å². The second-order valence-electron chi connectivity index (χ2n) is 7.28. The highest BCUT2D eigenvalue weighted by Gasteiger charge is 2.36. The first-order valence-electron chi connectivity index (χ1n) is 9.34. The maximum absolute atomic E-state index is 11.8. The maximum Gasteiger partial charge on any atom is 0.154 e. The quantitative estimate of drug-likeness (QED) is 0.494. The van der Waals surface area contributed by atoms with Gasteiger partial charge in [0.25, 0.3) is 0 Å². The number of hydrogen-bond donors (Lipinski definition) is 0. The van der Waals surface area contributed by atoms with E-state index >= 15 is 0 Å². The molecule has 1 aliphatic heterocycles. The Labute approximate surface area is 184 Å². The summed E-state index contributed by atoms with van der Waals surface area (Å²) >= 11 is 6.84. The van der Waals surface area contributed by atoms with Crippen molar-refractivity contribution in [2.24, 2.45) is 0 Å². The Kier molecular flexibility index (Phi) is 5.81. The highest BCUT2D eigenvalue weighted by atomic mass is 35.5. The van der Waals surface area contributed by atoms with Crippen molar-refractivity contribution in [3.05, 3.63) is 46.9 Å². The molecule has 1 fully saturated rings. The summed E-state index contributed by atoms with van der Waals surface area (Å²) in [6.45, 7) is 6.10. The highest BCUT2D eigenvalue weighted by molar-refractivity contribution is 7.92. The Bertz CT molecular complexity index is 1280. The van der Waals surface area contributed by atoms with Crippen LogP contribution in [0.25, 0.3) is 22.0 Å². The lowest BCUT2D eigenvalue weighted by Crippen LogP contribution is -2.37. The van der Waals surface area contributed by atoms with Crippen LogP contribution in [0.4, 0.5) is 5.69 Å². The molecule has 0 aliphatic carbocycles. The Morgan fingerprint density at radius 3 is 2.53 bits per heavy atom. The summed E-state index contributed by atoms with van der Waals surface area (Å²) in [5, 5.41) is 11.0. The molecular weight excluding hydrogens is 458 g/mol. The molecule has 3 heterocycles. The van der Waals surface area contributed by atoms with Crippen LogP contribution in [0.3, 0.4) is 0 Å². The van der Waals surface area contributed by atoms with Gasteiger partial charge in [0.05, 0.1) is 46.1 Å². The summed E-state index contributed by atoms with van der Waals surface area (Å²) in [6.07, 6.45) is 5.48. The zero-order valence-corrected chi connectivity index (χ0v) is 20.3. The molecule has 3 aromatic rings. The number of aryl methyl sites for hydroxylation is 1. The molecule has 4 rings (SSSR count). The maximum atomic E-state index is 11.8. The van der Waals surface area contributed by atoms with Crippen LogP contribution in [0.2, 0.25) is 5.02 Å². The third kappa shape index (κ3) is 3.61. The zero-order valence-electron chi connectivity index (χ0n) is 16.8. The van der Waals surface area contributed by atoms with Gasteiger partial charge < -0.3 is 9.01 Å². The fourth-order valence-electron chi connectivity index (χ4n) is 3.87. The minimum absolute atomic E-state index is 0.112. The molecule has 1 saturated heterocycles. The molecule has 1 aromatic carbocycles. The van der Waals surface area contributed by atoms with Gasteiger partial charge in [0.2, 0.25) is 0 Å². The molecule has 0 radical (unpaired) electrons. The van der Waals surface area contributed by atoms with Gasteiger partial charge in [0.1, 0.15) is 0 Å². The Morgan fingerprint density at radius 2 is 1.93 bits per heavy atom. The minimum Gasteiger partial charge on any atom is -0.342 e. The van der Waals surface area contributed by atoms with Gasteiger partial charge in [-0.1, -0.05) is 11.6 Å². The van der Waals surface area contributed by atoms with Gasteiger partial charge in [0.15, 0.2) is 9.84 Å². The number of nitrogens with zero attached hydrogens (tertiary/aromatic N) is 4. The summed E-state index contributed by atoms with van der Waals surface area (Å²) in [6, 6.07) is 5.96. The van der Waals surface area contributed by atoms with Gasteiger partial charge in [-0.15, -0.1) is 0 Å². The van der Waals surface area contributed by atoms with E-state index < -0.39 is 9.84 Å². The lowest BCUT2D eigenvalue weighted by atomic mass is 10.0. The van der Waals surface area contributed by atoms with Gasteiger partial charge in [0, 0.05) is 34.4 Å². The average Bonchev–Trinajstić information content (AvgIpc) is 3.05. The third-order valence-electron chi connectivity index (χ3n) is 5.43. The monoisotopic (exact) mass is 478 g/mol.